The molecule has 16 heteroatoms. The molecule has 0 aromatic rings. The van der Waals surface area contributed by atoms with Crippen molar-refractivity contribution in [2.75, 3.05) is 6.61 Å². The second-order valence-corrected chi connectivity index (χ2v) is 6.58. The van der Waals surface area contributed by atoms with Gasteiger partial charge in [-0.1, -0.05) is 0 Å². The number of carbonyl (C=O) groups excluding carboxylic acids is 5. The molecule has 0 aromatic heterocycles. The average molecular weight is 462 g/mol. The van der Waals surface area contributed by atoms with E-state index in [0.717, 1.165) is 0 Å². The van der Waals surface area contributed by atoms with Crippen LogP contribution in [0.15, 0.2) is 0 Å². The molecule has 0 radical (unpaired) electrons. The van der Waals surface area contributed by atoms with Crippen LogP contribution in [-0.2, 0) is 33.6 Å². The molecule has 0 aromatic carbocycles. The Bertz CT molecular complexity index is 758. The first-order chi connectivity index (χ1) is 14.8. The van der Waals surface area contributed by atoms with Crippen LogP contribution >= 0.6 is 0 Å². The summed E-state index contributed by atoms with van der Waals surface area (Å²) >= 11 is 0. The van der Waals surface area contributed by atoms with Crippen molar-refractivity contribution < 1.29 is 48.9 Å². The Morgan fingerprint density at radius 2 is 1.19 bits per heavy atom. The van der Waals surface area contributed by atoms with Crippen molar-refractivity contribution in [1.29, 1.82) is 0 Å². The van der Waals surface area contributed by atoms with E-state index in [9.17, 15) is 38.7 Å². The highest BCUT2D eigenvalue weighted by Crippen LogP contribution is 2.02. The van der Waals surface area contributed by atoms with Gasteiger partial charge in [0.2, 0.25) is 29.5 Å². The van der Waals surface area contributed by atoms with Crippen molar-refractivity contribution >= 4 is 41.5 Å². The fourth-order valence-corrected chi connectivity index (χ4v) is 2.26. The number of carbonyl (C=O) groups is 7. The summed E-state index contributed by atoms with van der Waals surface area (Å²) in [5.74, 6) is -8.16. The van der Waals surface area contributed by atoms with Gasteiger partial charge in [-0.05, 0) is 6.42 Å². The van der Waals surface area contributed by atoms with Gasteiger partial charge in [-0.25, -0.2) is 4.79 Å². The zero-order chi connectivity index (χ0) is 25.0. The van der Waals surface area contributed by atoms with Crippen LogP contribution in [0.3, 0.4) is 0 Å². The van der Waals surface area contributed by atoms with Crippen LogP contribution in [0.1, 0.15) is 25.7 Å². The predicted molar refractivity (Wildman–Crippen MR) is 103 cm³/mol. The quantitative estimate of drug-likeness (QED) is 0.110. The molecule has 0 rings (SSSR count). The third-order valence-corrected chi connectivity index (χ3v) is 3.87. The van der Waals surface area contributed by atoms with Gasteiger partial charge >= 0.3 is 11.9 Å². The molecular weight excluding hydrogens is 436 g/mol. The van der Waals surface area contributed by atoms with E-state index in [1.54, 1.807) is 0 Å². The lowest BCUT2D eigenvalue weighted by atomic mass is 10.1. The molecule has 0 fully saturated rings. The fourth-order valence-electron chi connectivity index (χ4n) is 2.26. The van der Waals surface area contributed by atoms with Gasteiger partial charge in [0.05, 0.1) is 25.5 Å². The number of rotatable bonds is 15. The van der Waals surface area contributed by atoms with Gasteiger partial charge in [0.25, 0.3) is 0 Å². The molecule has 0 aliphatic rings. The number of nitrogens with two attached hydrogens (primary N) is 3. The molecule has 5 amide bonds. The first-order valence-corrected chi connectivity index (χ1v) is 9.07. The van der Waals surface area contributed by atoms with Gasteiger partial charge in [0, 0.05) is 6.42 Å². The monoisotopic (exact) mass is 462 g/mol. The summed E-state index contributed by atoms with van der Waals surface area (Å²) in [6.45, 7) is -1.01. The molecule has 12 N–H and O–H groups in total. The summed E-state index contributed by atoms with van der Waals surface area (Å²) < 4.78 is 0. The van der Waals surface area contributed by atoms with Crippen LogP contribution in [0.25, 0.3) is 0 Å². The Morgan fingerprint density at radius 3 is 1.62 bits per heavy atom. The first-order valence-electron chi connectivity index (χ1n) is 9.07. The number of nitrogens with one attached hydrogen (secondary N) is 3. The summed E-state index contributed by atoms with van der Waals surface area (Å²) in [6.07, 6.45) is -2.35. The van der Waals surface area contributed by atoms with Crippen molar-refractivity contribution in [1.82, 2.24) is 16.0 Å². The molecule has 0 heterocycles. The van der Waals surface area contributed by atoms with E-state index in [1.165, 1.54) is 0 Å². The van der Waals surface area contributed by atoms with Gasteiger partial charge in [-0.2, -0.15) is 0 Å². The van der Waals surface area contributed by atoms with Crippen molar-refractivity contribution in [2.45, 2.75) is 49.9 Å². The van der Waals surface area contributed by atoms with E-state index in [-0.39, 0.29) is 0 Å². The van der Waals surface area contributed by atoms with E-state index < -0.39 is 97.9 Å². The minimum Gasteiger partial charge on any atom is -0.481 e. The summed E-state index contributed by atoms with van der Waals surface area (Å²) in [5, 5.41) is 33.3. The number of primary amides is 2. The van der Waals surface area contributed by atoms with Crippen molar-refractivity contribution in [3.05, 3.63) is 0 Å². The summed E-state index contributed by atoms with van der Waals surface area (Å²) in [6, 6.07) is -6.43. The number of aliphatic carboxylic acids is 2. The molecule has 16 nitrogen and oxygen atoms in total. The Morgan fingerprint density at radius 1 is 0.719 bits per heavy atom. The fraction of sp³-hybridized carbons (Fsp3) is 0.562. The van der Waals surface area contributed by atoms with Crippen LogP contribution in [0, 0.1) is 0 Å². The lowest BCUT2D eigenvalue weighted by Crippen LogP contribution is -2.58. The third kappa shape index (κ3) is 10.8. The molecule has 0 bridgehead atoms. The number of aliphatic hydroxyl groups excluding tert-OH is 1. The van der Waals surface area contributed by atoms with Crippen LogP contribution in [-0.4, -0.2) is 87.6 Å². The Balaban J connectivity index is 5.33. The zero-order valence-corrected chi connectivity index (χ0v) is 16.8. The maximum atomic E-state index is 12.5. The smallest absolute Gasteiger partial charge is 0.326 e. The number of carboxylic acid groups (broad SMARTS) is 2. The second-order valence-electron chi connectivity index (χ2n) is 6.58. The minimum atomic E-state index is -1.74. The molecular formula is C16H26N6O10. The molecule has 4 atom stereocenters. The van der Waals surface area contributed by atoms with Crippen molar-refractivity contribution in [3.63, 3.8) is 0 Å². The van der Waals surface area contributed by atoms with E-state index in [1.807, 2.05) is 10.6 Å². The largest absolute Gasteiger partial charge is 0.481 e. The Kier molecular flexibility index (Phi) is 11.9. The van der Waals surface area contributed by atoms with Crippen LogP contribution in [0.4, 0.5) is 0 Å². The lowest BCUT2D eigenvalue weighted by molar-refractivity contribution is -0.144. The van der Waals surface area contributed by atoms with Gasteiger partial charge in [-0.15, -0.1) is 0 Å². The number of hydrogen-bond acceptors (Lipinski definition) is 9. The lowest BCUT2D eigenvalue weighted by Gasteiger charge is -2.23. The van der Waals surface area contributed by atoms with E-state index in [0.29, 0.717) is 0 Å². The highest BCUT2D eigenvalue weighted by molar-refractivity contribution is 5.95. The second kappa shape index (κ2) is 13.5. The Labute approximate surface area is 180 Å². The summed E-state index contributed by atoms with van der Waals surface area (Å²) in [7, 11) is 0. The normalized spacial score (nSPS) is 14.2. The molecule has 4 unspecified atom stereocenters. The molecule has 180 valence electrons. The van der Waals surface area contributed by atoms with E-state index in [2.05, 4.69) is 5.32 Å². The molecule has 0 saturated carbocycles. The molecule has 0 aliphatic heterocycles. The SMILES string of the molecule is NC(=O)CC(N)C(=O)NC(CCC(=O)O)C(=O)NC(CO)C(=O)NC(CC(N)=O)C(=O)O. The summed E-state index contributed by atoms with van der Waals surface area (Å²) in [4.78, 5) is 80.4. The molecule has 0 saturated heterocycles. The number of carboxylic acids is 2. The third-order valence-electron chi connectivity index (χ3n) is 3.87. The van der Waals surface area contributed by atoms with Gasteiger partial charge < -0.3 is 48.5 Å². The number of aliphatic hydroxyl groups is 1. The summed E-state index contributed by atoms with van der Waals surface area (Å²) in [5.41, 5.74) is 15.3. The zero-order valence-electron chi connectivity index (χ0n) is 16.8. The van der Waals surface area contributed by atoms with E-state index in [4.69, 9.17) is 27.4 Å². The van der Waals surface area contributed by atoms with Crippen LogP contribution < -0.4 is 33.2 Å². The maximum Gasteiger partial charge on any atom is 0.326 e. The molecule has 32 heavy (non-hydrogen) atoms. The average Bonchev–Trinajstić information content (AvgIpc) is 2.66. The van der Waals surface area contributed by atoms with Crippen LogP contribution in [0.5, 0.6) is 0 Å². The van der Waals surface area contributed by atoms with Crippen LogP contribution in [0.2, 0.25) is 0 Å². The van der Waals surface area contributed by atoms with Crippen molar-refractivity contribution in [3.8, 4) is 0 Å². The number of hydrogen-bond donors (Lipinski definition) is 9. The topological polar surface area (TPSA) is 294 Å². The number of amides is 5. The molecule has 0 spiro atoms. The standard InChI is InChI=1S/C16H26N6O10/c17-6(3-10(18)24)13(28)20-7(1-2-12(26)27)14(29)22-9(5-23)15(30)21-8(16(31)32)4-11(19)25/h6-9,23H,1-5,17H2,(H2,18,24)(H2,19,25)(H,20,28)(H,21,30)(H,22,29)(H,26,27)(H,31,32). The minimum absolute atomic E-state index is 0.449. The highest BCUT2D eigenvalue weighted by atomic mass is 16.4. The van der Waals surface area contributed by atoms with Crippen molar-refractivity contribution in [2.24, 2.45) is 17.2 Å². The van der Waals surface area contributed by atoms with E-state index >= 15 is 0 Å². The van der Waals surface area contributed by atoms with Gasteiger partial charge in [0.15, 0.2) is 0 Å². The van der Waals surface area contributed by atoms with Gasteiger partial charge in [-0.3, -0.25) is 28.8 Å². The highest BCUT2D eigenvalue weighted by Gasteiger charge is 2.31. The Hall–Kier alpha value is -3.79. The first kappa shape index (κ1) is 28.2. The van der Waals surface area contributed by atoms with Gasteiger partial charge in [0.1, 0.15) is 18.1 Å². The predicted octanol–water partition coefficient (Wildman–Crippen LogP) is -5.54. The molecule has 0 aliphatic carbocycles. The maximum absolute atomic E-state index is 12.5.